The zero-order valence-corrected chi connectivity index (χ0v) is 15.3. The summed E-state index contributed by atoms with van der Waals surface area (Å²) in [5.74, 6) is -0.933. The van der Waals surface area contributed by atoms with Gasteiger partial charge in [0, 0.05) is 22.0 Å². The molecule has 0 amide bonds. The molecule has 1 fully saturated rings. The molecule has 8 heteroatoms. The number of halogens is 2. The number of carbonyl (C=O) groups is 1. The molecule has 0 bridgehead atoms. The molecule has 1 saturated heterocycles. The first kappa shape index (κ1) is 16.9. The molecular formula is C13H15Br2NO4S. The number of aliphatic carboxylic acids is 1. The zero-order valence-electron chi connectivity index (χ0n) is 11.3. The van der Waals surface area contributed by atoms with Crippen LogP contribution in [0.2, 0.25) is 0 Å². The summed E-state index contributed by atoms with van der Waals surface area (Å²) in [5.41, 5.74) is -0.977. The molecule has 0 radical (unpaired) electrons. The fourth-order valence-electron chi connectivity index (χ4n) is 2.48. The molecule has 1 heterocycles. The molecule has 2 rings (SSSR count). The molecule has 0 saturated carbocycles. The Morgan fingerprint density at radius 1 is 1.43 bits per heavy atom. The van der Waals surface area contributed by atoms with Crippen LogP contribution in [0.5, 0.6) is 0 Å². The maximum absolute atomic E-state index is 12.7. The monoisotopic (exact) mass is 439 g/mol. The first-order valence-electron chi connectivity index (χ1n) is 6.41. The molecule has 0 aromatic heterocycles. The minimum Gasteiger partial charge on any atom is -0.481 e. The van der Waals surface area contributed by atoms with Crippen molar-refractivity contribution in [3.63, 3.8) is 0 Å². The standard InChI is InChI=1S/C13H15Br2NO4S/c1-2-13(12(17)18)5-6-16(8-13)21(19,20)11-4-3-9(14)7-10(11)15/h3-4,7H,2,5-6,8H2,1H3,(H,17,18). The van der Waals surface area contributed by atoms with Crippen LogP contribution in [-0.2, 0) is 14.8 Å². The molecule has 21 heavy (non-hydrogen) atoms. The molecule has 1 N–H and O–H groups in total. The Balaban J connectivity index is 2.36. The van der Waals surface area contributed by atoms with Gasteiger partial charge < -0.3 is 5.11 Å². The van der Waals surface area contributed by atoms with Crippen molar-refractivity contribution in [2.45, 2.75) is 24.7 Å². The first-order chi connectivity index (χ1) is 9.73. The van der Waals surface area contributed by atoms with Gasteiger partial charge in [0.1, 0.15) is 0 Å². The Kier molecular flexibility index (Phi) is 4.82. The summed E-state index contributed by atoms with van der Waals surface area (Å²) in [5, 5.41) is 9.37. The highest BCUT2D eigenvalue weighted by atomic mass is 79.9. The Morgan fingerprint density at radius 2 is 2.10 bits per heavy atom. The van der Waals surface area contributed by atoms with E-state index in [1.807, 2.05) is 0 Å². The Labute approximate surface area is 140 Å². The number of hydrogen-bond donors (Lipinski definition) is 1. The number of carboxylic acids is 1. The van der Waals surface area contributed by atoms with Gasteiger partial charge in [-0.25, -0.2) is 8.42 Å². The maximum atomic E-state index is 12.7. The number of rotatable bonds is 4. The largest absolute Gasteiger partial charge is 0.481 e. The molecule has 0 aliphatic carbocycles. The fourth-order valence-corrected chi connectivity index (χ4v) is 5.71. The predicted molar refractivity (Wildman–Crippen MR) is 85.6 cm³/mol. The molecular weight excluding hydrogens is 426 g/mol. The van der Waals surface area contributed by atoms with Crippen molar-refractivity contribution in [2.24, 2.45) is 5.41 Å². The highest BCUT2D eigenvalue weighted by Gasteiger charge is 2.47. The van der Waals surface area contributed by atoms with E-state index in [9.17, 15) is 18.3 Å². The summed E-state index contributed by atoms with van der Waals surface area (Å²) in [6, 6.07) is 4.82. The lowest BCUT2D eigenvalue weighted by molar-refractivity contribution is -0.148. The van der Waals surface area contributed by atoms with E-state index in [4.69, 9.17) is 0 Å². The van der Waals surface area contributed by atoms with Gasteiger partial charge in [-0.05, 0) is 47.0 Å². The third-order valence-electron chi connectivity index (χ3n) is 3.96. The topological polar surface area (TPSA) is 74.7 Å². The van der Waals surface area contributed by atoms with Crippen molar-refractivity contribution in [3.8, 4) is 0 Å². The molecule has 0 spiro atoms. The van der Waals surface area contributed by atoms with Gasteiger partial charge >= 0.3 is 5.97 Å². The lowest BCUT2D eigenvalue weighted by Gasteiger charge is -2.23. The molecule has 116 valence electrons. The number of carboxylic acid groups (broad SMARTS) is 1. The van der Waals surface area contributed by atoms with E-state index in [0.717, 1.165) is 4.47 Å². The molecule has 5 nitrogen and oxygen atoms in total. The van der Waals surface area contributed by atoms with Crippen LogP contribution in [0, 0.1) is 5.41 Å². The molecule has 1 unspecified atom stereocenters. The molecule has 1 atom stereocenters. The molecule has 1 aromatic carbocycles. The number of sulfonamides is 1. The van der Waals surface area contributed by atoms with Crippen LogP contribution in [0.3, 0.4) is 0 Å². The lowest BCUT2D eigenvalue weighted by atomic mass is 9.85. The third-order valence-corrected chi connectivity index (χ3v) is 7.28. The number of hydrogen-bond acceptors (Lipinski definition) is 3. The summed E-state index contributed by atoms with van der Waals surface area (Å²) < 4.78 is 27.8. The molecule has 1 aliphatic heterocycles. The number of nitrogens with zero attached hydrogens (tertiary/aromatic N) is 1. The second kappa shape index (κ2) is 5.98. The van der Waals surface area contributed by atoms with E-state index in [0.29, 0.717) is 17.3 Å². The van der Waals surface area contributed by atoms with E-state index >= 15 is 0 Å². The van der Waals surface area contributed by atoms with E-state index in [1.165, 1.54) is 10.4 Å². The van der Waals surface area contributed by atoms with Crippen LogP contribution < -0.4 is 0 Å². The average molecular weight is 441 g/mol. The Bertz CT molecular complexity index is 677. The quantitative estimate of drug-likeness (QED) is 0.780. The fraction of sp³-hybridized carbons (Fsp3) is 0.462. The van der Waals surface area contributed by atoms with E-state index in [-0.39, 0.29) is 18.0 Å². The summed E-state index contributed by atoms with van der Waals surface area (Å²) in [4.78, 5) is 11.6. The van der Waals surface area contributed by atoms with Crippen LogP contribution in [0.4, 0.5) is 0 Å². The van der Waals surface area contributed by atoms with E-state index in [1.54, 1.807) is 19.1 Å². The Hall–Kier alpha value is -0.440. The van der Waals surface area contributed by atoms with Crippen molar-refractivity contribution < 1.29 is 18.3 Å². The molecule has 1 aromatic rings. The minimum absolute atomic E-state index is 0.0175. The zero-order chi connectivity index (χ0) is 15.8. The smallest absolute Gasteiger partial charge is 0.311 e. The minimum atomic E-state index is -3.70. The normalized spacial score (nSPS) is 23.4. The summed E-state index contributed by atoms with van der Waals surface area (Å²) in [6.07, 6.45) is 0.752. The van der Waals surface area contributed by atoms with Crippen LogP contribution in [0.1, 0.15) is 19.8 Å². The first-order valence-corrected chi connectivity index (χ1v) is 9.44. The summed E-state index contributed by atoms with van der Waals surface area (Å²) in [7, 11) is -3.70. The van der Waals surface area contributed by atoms with Crippen molar-refractivity contribution in [1.82, 2.24) is 4.31 Å². The number of benzene rings is 1. The van der Waals surface area contributed by atoms with Crippen LogP contribution >= 0.6 is 31.9 Å². The highest BCUT2D eigenvalue weighted by molar-refractivity contribution is 9.11. The van der Waals surface area contributed by atoms with Crippen molar-refractivity contribution in [3.05, 3.63) is 27.1 Å². The van der Waals surface area contributed by atoms with Crippen LogP contribution in [-0.4, -0.2) is 36.9 Å². The van der Waals surface area contributed by atoms with Gasteiger partial charge in [0.25, 0.3) is 0 Å². The predicted octanol–water partition coefficient (Wildman–Crippen LogP) is 3.09. The summed E-state index contributed by atoms with van der Waals surface area (Å²) in [6.45, 7) is 2.02. The van der Waals surface area contributed by atoms with Gasteiger partial charge in [-0.15, -0.1) is 0 Å². The maximum Gasteiger partial charge on any atom is 0.311 e. The highest BCUT2D eigenvalue weighted by Crippen LogP contribution is 2.38. The lowest BCUT2D eigenvalue weighted by Crippen LogP contribution is -2.36. The van der Waals surface area contributed by atoms with E-state index in [2.05, 4.69) is 31.9 Å². The van der Waals surface area contributed by atoms with Crippen molar-refractivity contribution in [1.29, 1.82) is 0 Å². The van der Waals surface area contributed by atoms with Gasteiger partial charge in [-0.3, -0.25) is 4.79 Å². The second-order valence-corrected chi connectivity index (χ2v) is 8.78. The third kappa shape index (κ3) is 3.04. The van der Waals surface area contributed by atoms with Crippen molar-refractivity contribution in [2.75, 3.05) is 13.1 Å². The van der Waals surface area contributed by atoms with E-state index < -0.39 is 21.4 Å². The second-order valence-electron chi connectivity index (χ2n) is 5.10. The van der Waals surface area contributed by atoms with Gasteiger partial charge in [0.2, 0.25) is 10.0 Å². The van der Waals surface area contributed by atoms with Crippen LogP contribution in [0.15, 0.2) is 32.0 Å². The Morgan fingerprint density at radius 3 is 2.57 bits per heavy atom. The SMILES string of the molecule is CCC1(C(=O)O)CCN(S(=O)(=O)c2ccc(Br)cc2Br)C1. The summed E-state index contributed by atoms with van der Waals surface area (Å²) >= 11 is 6.53. The van der Waals surface area contributed by atoms with Gasteiger partial charge in [-0.1, -0.05) is 22.9 Å². The van der Waals surface area contributed by atoms with Gasteiger partial charge in [-0.2, -0.15) is 4.31 Å². The van der Waals surface area contributed by atoms with Gasteiger partial charge in [0.05, 0.1) is 10.3 Å². The van der Waals surface area contributed by atoms with Crippen LogP contribution in [0.25, 0.3) is 0 Å². The molecule has 1 aliphatic rings. The van der Waals surface area contributed by atoms with Gasteiger partial charge in [0.15, 0.2) is 0 Å². The average Bonchev–Trinajstić information content (AvgIpc) is 2.84. The van der Waals surface area contributed by atoms with Crippen molar-refractivity contribution >= 4 is 47.9 Å².